The third-order valence-corrected chi connectivity index (χ3v) is 2.37. The summed E-state index contributed by atoms with van der Waals surface area (Å²) in [4.78, 5) is 26.1. The summed E-state index contributed by atoms with van der Waals surface area (Å²) < 4.78 is 4.89. The molecule has 0 aliphatic heterocycles. The molecule has 0 saturated heterocycles. The maximum absolute atomic E-state index is 12.0. The zero-order chi connectivity index (χ0) is 14.4. The van der Waals surface area contributed by atoms with Gasteiger partial charge in [0.05, 0.1) is 11.5 Å². The molecule has 2 N–H and O–H groups in total. The number of nitrogens with one attached hydrogen (secondary N) is 2. The van der Waals surface area contributed by atoms with Gasteiger partial charge in [0.25, 0.3) is 11.6 Å². The molecule has 1 aromatic heterocycles. The molecule has 0 aromatic carbocycles. The minimum absolute atomic E-state index is 0.0349. The summed E-state index contributed by atoms with van der Waals surface area (Å²) in [7, 11) is 3.13. The first-order valence-corrected chi connectivity index (χ1v) is 5.61. The van der Waals surface area contributed by atoms with Gasteiger partial charge in [-0.05, 0) is 6.92 Å². The van der Waals surface area contributed by atoms with Crippen molar-refractivity contribution in [1.29, 1.82) is 0 Å². The van der Waals surface area contributed by atoms with Crippen LogP contribution in [-0.4, -0.2) is 42.6 Å². The largest absolute Gasteiger partial charge is 0.383 e. The van der Waals surface area contributed by atoms with E-state index in [4.69, 9.17) is 4.74 Å². The smallest absolute Gasteiger partial charge is 0.300 e. The number of rotatable bonds is 6. The zero-order valence-electron chi connectivity index (χ0n) is 11.0. The number of hydrogen-bond acceptors (Lipinski definition) is 6. The van der Waals surface area contributed by atoms with E-state index in [1.54, 1.807) is 14.0 Å². The summed E-state index contributed by atoms with van der Waals surface area (Å²) in [6, 6.07) is 1.09. The van der Waals surface area contributed by atoms with Crippen LogP contribution in [0.4, 0.5) is 11.5 Å². The van der Waals surface area contributed by atoms with Crippen LogP contribution in [-0.2, 0) is 4.74 Å². The van der Waals surface area contributed by atoms with Crippen LogP contribution in [0.5, 0.6) is 0 Å². The van der Waals surface area contributed by atoms with Crippen molar-refractivity contribution in [2.45, 2.75) is 13.0 Å². The normalized spacial score (nSPS) is 11.7. The molecular formula is C11H16N4O4. The Bertz CT molecular complexity index is 478. The number of pyridine rings is 1. The van der Waals surface area contributed by atoms with Gasteiger partial charge in [-0.3, -0.25) is 14.9 Å². The number of carbonyl (C=O) groups is 1. The Balaban J connectivity index is 3.02. The fourth-order valence-electron chi connectivity index (χ4n) is 1.51. The molecule has 0 bridgehead atoms. The summed E-state index contributed by atoms with van der Waals surface area (Å²) in [6.07, 6.45) is 1.06. The lowest BCUT2D eigenvalue weighted by molar-refractivity contribution is -0.385. The molecule has 104 valence electrons. The van der Waals surface area contributed by atoms with E-state index in [1.165, 1.54) is 13.2 Å². The monoisotopic (exact) mass is 268 g/mol. The molecule has 0 saturated carbocycles. The van der Waals surface area contributed by atoms with Crippen molar-refractivity contribution in [2.75, 3.05) is 26.1 Å². The number of methoxy groups -OCH3 is 1. The minimum atomic E-state index is -0.637. The van der Waals surface area contributed by atoms with Crippen molar-refractivity contribution in [2.24, 2.45) is 0 Å². The van der Waals surface area contributed by atoms with Crippen molar-refractivity contribution in [3.63, 3.8) is 0 Å². The molecule has 1 heterocycles. The van der Waals surface area contributed by atoms with Gasteiger partial charge in [0.1, 0.15) is 17.6 Å². The van der Waals surface area contributed by atoms with Crippen LogP contribution >= 0.6 is 0 Å². The van der Waals surface area contributed by atoms with Gasteiger partial charge in [0.15, 0.2) is 0 Å². The second kappa shape index (κ2) is 6.64. The zero-order valence-corrected chi connectivity index (χ0v) is 11.0. The van der Waals surface area contributed by atoms with Gasteiger partial charge < -0.3 is 15.4 Å². The minimum Gasteiger partial charge on any atom is -0.383 e. The van der Waals surface area contributed by atoms with E-state index >= 15 is 0 Å². The summed E-state index contributed by atoms with van der Waals surface area (Å²) in [5, 5.41) is 16.2. The van der Waals surface area contributed by atoms with Gasteiger partial charge in [0.2, 0.25) is 0 Å². The average molecular weight is 268 g/mol. The van der Waals surface area contributed by atoms with Crippen molar-refractivity contribution in [3.8, 4) is 0 Å². The molecule has 0 aliphatic rings. The molecule has 0 fully saturated rings. The highest BCUT2D eigenvalue weighted by atomic mass is 16.6. The van der Waals surface area contributed by atoms with Crippen molar-refractivity contribution in [1.82, 2.24) is 10.3 Å². The molecule has 19 heavy (non-hydrogen) atoms. The standard InChI is InChI=1S/C11H16N4O4/c1-7(6-19-3)14-11(16)8-4-10(12-2)13-5-9(8)15(17)18/h4-5,7H,6H2,1-3H3,(H,12,13)(H,14,16). The third kappa shape index (κ3) is 3.88. The van der Waals surface area contributed by atoms with E-state index in [0.717, 1.165) is 6.20 Å². The van der Waals surface area contributed by atoms with Crippen LogP contribution in [0.1, 0.15) is 17.3 Å². The Labute approximate surface area is 110 Å². The fraction of sp³-hybridized carbons (Fsp3) is 0.455. The predicted octanol–water partition coefficient (Wildman–Crippen LogP) is 0.796. The molecular weight excluding hydrogens is 252 g/mol. The molecule has 1 rings (SSSR count). The van der Waals surface area contributed by atoms with Crippen LogP contribution in [0.25, 0.3) is 0 Å². The highest BCUT2D eigenvalue weighted by Crippen LogP contribution is 2.20. The summed E-state index contributed by atoms with van der Waals surface area (Å²) in [5.74, 6) is -0.148. The number of carbonyl (C=O) groups excluding carboxylic acids is 1. The fourth-order valence-corrected chi connectivity index (χ4v) is 1.51. The predicted molar refractivity (Wildman–Crippen MR) is 69.2 cm³/mol. The van der Waals surface area contributed by atoms with Crippen molar-refractivity contribution >= 4 is 17.4 Å². The van der Waals surface area contributed by atoms with Gasteiger partial charge in [-0.2, -0.15) is 0 Å². The SMILES string of the molecule is CNc1cc(C(=O)NC(C)COC)c([N+](=O)[O-])cn1. The number of nitro groups is 1. The van der Waals surface area contributed by atoms with E-state index in [9.17, 15) is 14.9 Å². The first-order valence-electron chi connectivity index (χ1n) is 5.61. The number of nitrogens with zero attached hydrogens (tertiary/aromatic N) is 2. The van der Waals surface area contributed by atoms with E-state index < -0.39 is 10.8 Å². The van der Waals surface area contributed by atoms with Gasteiger partial charge in [-0.1, -0.05) is 0 Å². The van der Waals surface area contributed by atoms with Crippen molar-refractivity contribution in [3.05, 3.63) is 27.9 Å². The van der Waals surface area contributed by atoms with Crippen molar-refractivity contribution < 1.29 is 14.5 Å². The van der Waals surface area contributed by atoms with E-state index in [1.807, 2.05) is 0 Å². The third-order valence-electron chi connectivity index (χ3n) is 2.37. The number of aromatic nitrogens is 1. The number of anilines is 1. The topological polar surface area (TPSA) is 106 Å². The summed E-state index contributed by atoms with van der Waals surface area (Å²) >= 11 is 0. The lowest BCUT2D eigenvalue weighted by atomic mass is 10.2. The van der Waals surface area contributed by atoms with Crippen LogP contribution in [0.3, 0.4) is 0 Å². The lowest BCUT2D eigenvalue weighted by Gasteiger charge is -2.13. The van der Waals surface area contributed by atoms with Gasteiger partial charge in [0, 0.05) is 26.3 Å². The Morgan fingerprint density at radius 1 is 1.63 bits per heavy atom. The second-order valence-electron chi connectivity index (χ2n) is 3.92. The Hall–Kier alpha value is -2.22. The van der Waals surface area contributed by atoms with Gasteiger partial charge in [-0.25, -0.2) is 4.98 Å². The Morgan fingerprint density at radius 2 is 2.32 bits per heavy atom. The lowest BCUT2D eigenvalue weighted by Crippen LogP contribution is -2.36. The number of hydrogen-bond donors (Lipinski definition) is 2. The van der Waals surface area contributed by atoms with Crippen LogP contribution in [0.15, 0.2) is 12.3 Å². The Morgan fingerprint density at radius 3 is 2.84 bits per heavy atom. The van der Waals surface area contributed by atoms with E-state index in [2.05, 4.69) is 15.6 Å². The highest BCUT2D eigenvalue weighted by Gasteiger charge is 2.22. The van der Waals surface area contributed by atoms with Crippen LogP contribution in [0, 0.1) is 10.1 Å². The molecule has 8 nitrogen and oxygen atoms in total. The van der Waals surface area contributed by atoms with Gasteiger partial charge >= 0.3 is 0 Å². The maximum atomic E-state index is 12.0. The molecule has 0 aliphatic carbocycles. The second-order valence-corrected chi connectivity index (χ2v) is 3.92. The summed E-state index contributed by atoms with van der Waals surface area (Å²) in [6.45, 7) is 2.07. The molecule has 0 radical (unpaired) electrons. The van der Waals surface area contributed by atoms with Gasteiger partial charge in [-0.15, -0.1) is 0 Å². The molecule has 0 spiro atoms. The summed E-state index contributed by atoms with van der Waals surface area (Å²) in [5.41, 5.74) is -0.367. The molecule has 1 unspecified atom stereocenters. The molecule has 1 amide bonds. The molecule has 1 atom stereocenters. The Kier molecular flexibility index (Phi) is 5.19. The van der Waals surface area contributed by atoms with Crippen LogP contribution in [0.2, 0.25) is 0 Å². The first-order chi connectivity index (χ1) is 8.99. The quantitative estimate of drug-likeness (QED) is 0.583. The highest BCUT2D eigenvalue weighted by molar-refractivity contribution is 5.98. The average Bonchev–Trinajstić information content (AvgIpc) is 2.37. The number of amides is 1. The maximum Gasteiger partial charge on any atom is 0.300 e. The number of ether oxygens (including phenoxy) is 1. The van der Waals surface area contributed by atoms with E-state index in [0.29, 0.717) is 12.4 Å². The first kappa shape index (κ1) is 14.8. The van der Waals surface area contributed by atoms with Crippen LogP contribution < -0.4 is 10.6 Å². The molecule has 8 heteroatoms. The molecule has 1 aromatic rings. The van der Waals surface area contributed by atoms with E-state index in [-0.39, 0.29) is 17.3 Å².